The van der Waals surface area contributed by atoms with Crippen molar-refractivity contribution in [2.45, 2.75) is 111 Å². The molecule has 4 rings (SSSR count). The molecule has 1 amide bonds. The summed E-state index contributed by atoms with van der Waals surface area (Å²) in [4.78, 5) is 27.4. The summed E-state index contributed by atoms with van der Waals surface area (Å²) < 4.78 is 5.95. The van der Waals surface area contributed by atoms with Gasteiger partial charge in [0, 0.05) is 24.5 Å². The number of hydrogen-bond acceptors (Lipinski definition) is 5. The minimum Gasteiger partial charge on any atom is -0.460 e. The Morgan fingerprint density at radius 2 is 1.67 bits per heavy atom. The molecule has 11 atom stereocenters. The zero-order chi connectivity index (χ0) is 26.6. The number of allylic oxidation sites excluding steroid dienone is 1. The van der Waals surface area contributed by atoms with Crippen LogP contribution in [0.15, 0.2) is 11.6 Å². The normalized spacial score (nSPS) is 45.3. The second kappa shape index (κ2) is 10.1. The van der Waals surface area contributed by atoms with E-state index in [0.717, 1.165) is 24.7 Å². The van der Waals surface area contributed by atoms with E-state index in [4.69, 9.17) is 4.74 Å². The van der Waals surface area contributed by atoms with Crippen LogP contribution >= 0.6 is 0 Å². The zero-order valence-electron chi connectivity index (χ0n) is 23.8. The molecule has 204 valence electrons. The van der Waals surface area contributed by atoms with Crippen LogP contribution < -0.4 is 5.32 Å². The molecule has 6 nitrogen and oxygen atoms in total. The lowest BCUT2D eigenvalue weighted by molar-refractivity contribution is -0.197. The van der Waals surface area contributed by atoms with Crippen LogP contribution in [0.4, 0.5) is 0 Å². The number of aliphatic hydroxyl groups excluding tert-OH is 1. The van der Waals surface area contributed by atoms with Crippen molar-refractivity contribution in [1.29, 1.82) is 0 Å². The van der Waals surface area contributed by atoms with E-state index >= 15 is 0 Å². The van der Waals surface area contributed by atoms with Gasteiger partial charge in [0.1, 0.15) is 6.10 Å². The minimum atomic E-state index is -0.735. The van der Waals surface area contributed by atoms with Crippen molar-refractivity contribution in [3.8, 4) is 0 Å². The summed E-state index contributed by atoms with van der Waals surface area (Å²) in [6.45, 7) is 12.3. The van der Waals surface area contributed by atoms with Gasteiger partial charge in [0.15, 0.2) is 0 Å². The van der Waals surface area contributed by atoms with Gasteiger partial charge in [-0.25, -0.2) is 0 Å². The third-order valence-corrected chi connectivity index (χ3v) is 11.6. The fraction of sp³-hybridized carbons (Fsp3) is 0.867. The lowest BCUT2D eigenvalue weighted by Crippen LogP contribution is -2.66. The van der Waals surface area contributed by atoms with E-state index in [2.05, 4.69) is 45.1 Å². The number of nitrogens with zero attached hydrogens (tertiary/aromatic N) is 1. The molecule has 0 aromatic carbocycles. The van der Waals surface area contributed by atoms with Gasteiger partial charge in [0.05, 0.1) is 12.1 Å². The number of carbonyl (C=O) groups is 2. The highest BCUT2D eigenvalue weighted by atomic mass is 16.5. The Labute approximate surface area is 218 Å². The molecule has 0 aromatic rings. The van der Waals surface area contributed by atoms with Crippen LogP contribution in [-0.2, 0) is 14.3 Å². The van der Waals surface area contributed by atoms with Gasteiger partial charge in [0.25, 0.3) is 0 Å². The number of carbonyl (C=O) groups excluding carboxylic acids is 2. The Morgan fingerprint density at radius 1 is 1.03 bits per heavy atom. The molecule has 4 aliphatic carbocycles. The first-order valence-electron chi connectivity index (χ1n) is 14.3. The summed E-state index contributed by atoms with van der Waals surface area (Å²) in [6, 6.07) is 0.00917. The molecule has 0 saturated heterocycles. The highest BCUT2D eigenvalue weighted by Gasteiger charge is 2.64. The molecule has 0 heterocycles. The SMILES string of the molecule is C/C=C(\C)C(=O)N[C@H]1C(O)CC2(C)C3CCC4(C)C(CCC4C(C)N(C)C)C3CCC2[C@H]1OC(C)=O. The van der Waals surface area contributed by atoms with Gasteiger partial charge in [0.2, 0.25) is 5.91 Å². The lowest BCUT2D eigenvalue weighted by atomic mass is 9.43. The summed E-state index contributed by atoms with van der Waals surface area (Å²) in [5.74, 6) is 2.23. The topological polar surface area (TPSA) is 78.9 Å². The number of nitrogens with one attached hydrogen (secondary N) is 1. The smallest absolute Gasteiger partial charge is 0.302 e. The average molecular weight is 503 g/mol. The van der Waals surface area contributed by atoms with Crippen LogP contribution in [0.5, 0.6) is 0 Å². The van der Waals surface area contributed by atoms with Gasteiger partial charge >= 0.3 is 5.97 Å². The van der Waals surface area contributed by atoms with Crippen molar-refractivity contribution < 1.29 is 19.4 Å². The van der Waals surface area contributed by atoms with Gasteiger partial charge in [-0.3, -0.25) is 9.59 Å². The molecule has 0 radical (unpaired) electrons. The Morgan fingerprint density at radius 3 is 2.28 bits per heavy atom. The largest absolute Gasteiger partial charge is 0.460 e. The highest BCUT2D eigenvalue weighted by Crippen LogP contribution is 2.68. The molecular weight excluding hydrogens is 452 g/mol. The molecule has 4 fully saturated rings. The van der Waals surface area contributed by atoms with E-state index in [-0.39, 0.29) is 23.2 Å². The Kier molecular flexibility index (Phi) is 7.72. The number of hydrogen-bond donors (Lipinski definition) is 2. The molecule has 4 saturated carbocycles. The van der Waals surface area contributed by atoms with Crippen LogP contribution in [-0.4, -0.2) is 60.3 Å². The van der Waals surface area contributed by atoms with Crippen molar-refractivity contribution in [2.75, 3.05) is 14.1 Å². The van der Waals surface area contributed by atoms with E-state index in [1.54, 1.807) is 13.0 Å². The maximum Gasteiger partial charge on any atom is 0.302 e. The van der Waals surface area contributed by atoms with E-state index in [0.29, 0.717) is 35.3 Å². The number of fused-ring (bicyclic) bond motifs is 5. The van der Waals surface area contributed by atoms with Gasteiger partial charge in [-0.05, 0) is 114 Å². The summed E-state index contributed by atoms with van der Waals surface area (Å²) in [5, 5.41) is 14.5. The summed E-state index contributed by atoms with van der Waals surface area (Å²) >= 11 is 0. The standard InChI is InChI=1S/C30H50N2O4/c1-9-17(2)28(35)31-26-25(34)16-30(6)23-14-15-29(5)21(18(3)32(7)8)12-13-22(29)20(23)10-11-24(30)27(26)36-19(4)33/h9,18,20-27,34H,10-16H2,1-8H3,(H,31,35)/b17-9+/t18?,20?,21?,22?,23?,24?,25?,26-,27+,29?,30?/m0/s1. The molecule has 9 unspecified atom stereocenters. The van der Waals surface area contributed by atoms with Crippen LogP contribution in [0, 0.1) is 40.4 Å². The number of rotatable bonds is 5. The predicted molar refractivity (Wildman–Crippen MR) is 142 cm³/mol. The first kappa shape index (κ1) is 27.6. The van der Waals surface area contributed by atoms with Crippen LogP contribution in [0.3, 0.4) is 0 Å². The molecule has 4 aliphatic rings. The van der Waals surface area contributed by atoms with E-state index < -0.39 is 18.2 Å². The fourth-order valence-corrected chi connectivity index (χ4v) is 9.49. The van der Waals surface area contributed by atoms with Crippen LogP contribution in [0.2, 0.25) is 0 Å². The Balaban J connectivity index is 1.61. The first-order valence-corrected chi connectivity index (χ1v) is 14.3. The molecule has 0 aromatic heterocycles. The summed E-state index contributed by atoms with van der Waals surface area (Å²) in [6.07, 6.45) is 8.34. The Hall–Kier alpha value is -1.40. The quantitative estimate of drug-likeness (QED) is 0.426. The monoisotopic (exact) mass is 502 g/mol. The predicted octanol–water partition coefficient (Wildman–Crippen LogP) is 4.56. The molecule has 0 bridgehead atoms. The van der Waals surface area contributed by atoms with Gasteiger partial charge in [-0.2, -0.15) is 0 Å². The number of esters is 1. The minimum absolute atomic E-state index is 0.105. The second-order valence-electron chi connectivity index (χ2n) is 13.3. The van der Waals surface area contributed by atoms with Crippen molar-refractivity contribution in [1.82, 2.24) is 10.2 Å². The number of aliphatic hydroxyl groups is 1. The summed E-state index contributed by atoms with van der Waals surface area (Å²) in [5.41, 5.74) is 0.874. The number of amides is 1. The van der Waals surface area contributed by atoms with E-state index in [1.807, 2.05) is 6.92 Å². The maximum atomic E-state index is 12.7. The van der Waals surface area contributed by atoms with Crippen molar-refractivity contribution in [3.05, 3.63) is 11.6 Å². The fourth-order valence-electron chi connectivity index (χ4n) is 9.49. The van der Waals surface area contributed by atoms with Crippen molar-refractivity contribution in [3.63, 3.8) is 0 Å². The molecule has 2 N–H and O–H groups in total. The molecule has 6 heteroatoms. The summed E-state index contributed by atoms with van der Waals surface area (Å²) in [7, 11) is 4.43. The molecular formula is C30H50N2O4. The van der Waals surface area contributed by atoms with Crippen LogP contribution in [0.1, 0.15) is 86.5 Å². The lowest BCUT2D eigenvalue weighted by Gasteiger charge is -2.63. The van der Waals surface area contributed by atoms with Gasteiger partial charge < -0.3 is 20.1 Å². The zero-order valence-corrected chi connectivity index (χ0v) is 23.8. The van der Waals surface area contributed by atoms with Crippen molar-refractivity contribution in [2.24, 2.45) is 40.4 Å². The molecule has 0 aliphatic heterocycles. The van der Waals surface area contributed by atoms with Crippen LogP contribution in [0.25, 0.3) is 0 Å². The highest BCUT2D eigenvalue weighted by molar-refractivity contribution is 5.93. The first-order chi connectivity index (χ1) is 16.8. The van der Waals surface area contributed by atoms with Crippen molar-refractivity contribution >= 4 is 11.9 Å². The average Bonchev–Trinajstić information content (AvgIpc) is 3.16. The second-order valence-corrected chi connectivity index (χ2v) is 13.3. The molecule has 36 heavy (non-hydrogen) atoms. The molecule has 0 spiro atoms. The maximum absolute atomic E-state index is 12.7. The van der Waals surface area contributed by atoms with Gasteiger partial charge in [-0.15, -0.1) is 0 Å². The van der Waals surface area contributed by atoms with E-state index in [1.165, 1.54) is 32.6 Å². The Bertz CT molecular complexity index is 886. The van der Waals surface area contributed by atoms with Gasteiger partial charge in [-0.1, -0.05) is 19.9 Å². The van der Waals surface area contributed by atoms with E-state index in [9.17, 15) is 14.7 Å². The third kappa shape index (κ3) is 4.44. The third-order valence-electron chi connectivity index (χ3n) is 11.6. The number of ether oxygens (including phenoxy) is 1.